The van der Waals surface area contributed by atoms with E-state index in [-0.39, 0.29) is 23.3 Å². The van der Waals surface area contributed by atoms with Gasteiger partial charge in [-0.25, -0.2) is 0 Å². The number of hydrogen-bond donors (Lipinski definition) is 1. The van der Waals surface area contributed by atoms with E-state index in [4.69, 9.17) is 0 Å². The molecule has 1 aliphatic rings. The molecule has 1 heterocycles. The van der Waals surface area contributed by atoms with Gasteiger partial charge in [0.2, 0.25) is 5.91 Å². The summed E-state index contributed by atoms with van der Waals surface area (Å²) < 4.78 is 1.90. The summed E-state index contributed by atoms with van der Waals surface area (Å²) in [5.74, 6) is -0.0246. The van der Waals surface area contributed by atoms with E-state index in [1.54, 1.807) is 6.07 Å². The number of fused-ring (bicyclic) bond motifs is 3. The maximum absolute atomic E-state index is 13.3. The summed E-state index contributed by atoms with van der Waals surface area (Å²) in [5.41, 5.74) is 4.28. The highest BCUT2D eigenvalue weighted by atomic mass is 32.2. The molecule has 3 aromatic carbocycles. The van der Waals surface area contributed by atoms with E-state index < -0.39 is 4.92 Å². The molecule has 0 bridgehead atoms. The number of aryl methyl sites for hydroxylation is 1. The van der Waals surface area contributed by atoms with Gasteiger partial charge in [0.25, 0.3) is 11.6 Å². The van der Waals surface area contributed by atoms with Crippen molar-refractivity contribution in [1.29, 1.82) is 0 Å². The zero-order chi connectivity index (χ0) is 24.4. The van der Waals surface area contributed by atoms with Gasteiger partial charge < -0.3 is 5.32 Å². The summed E-state index contributed by atoms with van der Waals surface area (Å²) in [6, 6.07) is 20.9. The van der Waals surface area contributed by atoms with Crippen LogP contribution in [0.25, 0.3) is 10.9 Å². The molecule has 4 aromatic rings. The lowest BCUT2D eigenvalue weighted by atomic mass is 9.96. The Balaban J connectivity index is 1.29. The second kappa shape index (κ2) is 9.76. The largest absolute Gasteiger partial charge is 0.322 e. The lowest BCUT2D eigenvalue weighted by Gasteiger charge is -2.15. The molecule has 1 aliphatic carbocycles. The number of nitrogens with one attached hydrogen (secondary N) is 1. The molecule has 1 amide bonds. The van der Waals surface area contributed by atoms with Crippen LogP contribution < -0.4 is 5.32 Å². The number of nitrogens with zero attached hydrogens (tertiary/aromatic N) is 2. The molecule has 0 radical (unpaired) electrons. The topological polar surface area (TPSA) is 94.2 Å². The summed E-state index contributed by atoms with van der Waals surface area (Å²) in [6.45, 7) is 0. The third kappa shape index (κ3) is 4.70. The first-order valence-corrected chi connectivity index (χ1v) is 12.4. The van der Waals surface area contributed by atoms with Crippen LogP contribution in [0.1, 0.15) is 39.3 Å². The van der Waals surface area contributed by atoms with E-state index in [1.807, 2.05) is 41.0 Å². The molecule has 1 aromatic heterocycles. The minimum Gasteiger partial charge on any atom is -0.322 e. The second-order valence-corrected chi connectivity index (χ2v) is 9.50. The van der Waals surface area contributed by atoms with Gasteiger partial charge in [-0.3, -0.25) is 24.3 Å². The molecule has 176 valence electrons. The third-order valence-corrected chi connectivity index (χ3v) is 7.20. The van der Waals surface area contributed by atoms with Gasteiger partial charge in [-0.1, -0.05) is 24.3 Å². The van der Waals surface area contributed by atoms with Crippen LogP contribution in [0.2, 0.25) is 0 Å². The predicted octanol–water partition coefficient (Wildman–Crippen LogP) is 6.11. The number of nitro benzene ring substituents is 1. The quantitative estimate of drug-likeness (QED) is 0.202. The van der Waals surface area contributed by atoms with Gasteiger partial charge in [0.1, 0.15) is 0 Å². The second-order valence-electron chi connectivity index (χ2n) is 8.45. The van der Waals surface area contributed by atoms with Crippen molar-refractivity contribution in [1.82, 2.24) is 4.57 Å². The lowest BCUT2D eigenvalue weighted by molar-refractivity contribution is -0.384. The Morgan fingerprint density at radius 2 is 1.74 bits per heavy atom. The van der Waals surface area contributed by atoms with Gasteiger partial charge in [-0.05, 0) is 67.6 Å². The molecular weight excluding hydrogens is 462 g/mol. The molecular formula is C27H23N3O4S. The molecule has 0 unspecified atom stereocenters. The highest BCUT2D eigenvalue weighted by molar-refractivity contribution is 8.00. The number of para-hydroxylation sites is 1. The maximum Gasteiger partial charge on any atom is 0.269 e. The molecule has 0 atom stereocenters. The van der Waals surface area contributed by atoms with Crippen molar-refractivity contribution >= 4 is 45.9 Å². The smallest absolute Gasteiger partial charge is 0.269 e. The van der Waals surface area contributed by atoms with E-state index in [2.05, 4.69) is 11.4 Å². The van der Waals surface area contributed by atoms with E-state index in [0.717, 1.165) is 41.8 Å². The lowest BCUT2D eigenvalue weighted by Crippen LogP contribution is -2.18. The Hall–Kier alpha value is -3.91. The first-order valence-electron chi connectivity index (χ1n) is 11.4. The first kappa shape index (κ1) is 22.9. The molecule has 1 N–H and O–H groups in total. The van der Waals surface area contributed by atoms with Crippen molar-refractivity contribution in [2.75, 3.05) is 11.1 Å². The van der Waals surface area contributed by atoms with Gasteiger partial charge >= 0.3 is 0 Å². The molecule has 0 fully saturated rings. The van der Waals surface area contributed by atoms with Crippen molar-refractivity contribution in [2.24, 2.45) is 0 Å². The van der Waals surface area contributed by atoms with Crippen LogP contribution in [0.4, 0.5) is 11.4 Å². The number of carbonyl (C=O) groups is 2. The first-order chi connectivity index (χ1) is 17.0. The van der Waals surface area contributed by atoms with Crippen LogP contribution in [0.3, 0.4) is 0 Å². The van der Waals surface area contributed by atoms with Crippen molar-refractivity contribution in [3.8, 4) is 0 Å². The summed E-state index contributed by atoms with van der Waals surface area (Å²) >= 11 is 1.43. The normalized spacial score (nSPS) is 12.8. The number of anilines is 1. The number of aromatic nitrogens is 1. The number of rotatable bonds is 6. The minimum atomic E-state index is -0.504. The van der Waals surface area contributed by atoms with Crippen LogP contribution in [0.15, 0.2) is 77.7 Å². The Labute approximate surface area is 206 Å². The van der Waals surface area contributed by atoms with E-state index in [9.17, 15) is 19.7 Å². The molecule has 0 saturated heterocycles. The van der Waals surface area contributed by atoms with Crippen LogP contribution in [0.5, 0.6) is 0 Å². The van der Waals surface area contributed by atoms with E-state index in [1.165, 1.54) is 47.0 Å². The minimum absolute atomic E-state index is 0.0506. The van der Waals surface area contributed by atoms with Gasteiger partial charge in [0.15, 0.2) is 0 Å². The zero-order valence-corrected chi connectivity index (χ0v) is 19.7. The number of carbonyl (C=O) groups excluding carboxylic acids is 2. The highest BCUT2D eigenvalue weighted by Crippen LogP contribution is 2.33. The maximum atomic E-state index is 13.3. The Morgan fingerprint density at radius 1 is 0.971 bits per heavy atom. The number of hydrogen-bond acceptors (Lipinski definition) is 5. The van der Waals surface area contributed by atoms with Gasteiger partial charge in [-0.2, -0.15) is 0 Å². The monoisotopic (exact) mass is 485 g/mol. The molecule has 0 saturated carbocycles. The summed E-state index contributed by atoms with van der Waals surface area (Å²) in [7, 11) is 0. The van der Waals surface area contributed by atoms with E-state index in [0.29, 0.717) is 11.3 Å². The highest BCUT2D eigenvalue weighted by Gasteiger charge is 2.23. The third-order valence-electron chi connectivity index (χ3n) is 6.22. The van der Waals surface area contributed by atoms with Crippen molar-refractivity contribution in [2.45, 2.75) is 30.6 Å². The number of thioether (sulfide) groups is 1. The molecule has 0 spiro atoms. The fourth-order valence-corrected chi connectivity index (χ4v) is 5.40. The van der Waals surface area contributed by atoms with Gasteiger partial charge in [0.05, 0.1) is 16.2 Å². The molecule has 0 aliphatic heterocycles. The van der Waals surface area contributed by atoms with Gasteiger partial charge in [-0.15, -0.1) is 11.8 Å². The zero-order valence-electron chi connectivity index (χ0n) is 18.9. The van der Waals surface area contributed by atoms with Crippen LogP contribution >= 0.6 is 11.8 Å². The van der Waals surface area contributed by atoms with Crippen LogP contribution in [-0.4, -0.2) is 27.1 Å². The summed E-state index contributed by atoms with van der Waals surface area (Å²) in [6.07, 6.45) is 4.19. The number of benzene rings is 3. The SMILES string of the molecule is O=C(Nc1cccc(SCC(=O)n2c3c(c4ccccc42)CCCC3)c1)c1ccc([N+](=O)[O-])cc1. The Kier molecular flexibility index (Phi) is 6.37. The average molecular weight is 486 g/mol. The molecule has 7 nitrogen and oxygen atoms in total. The summed E-state index contributed by atoms with van der Waals surface area (Å²) in [5, 5.41) is 14.8. The van der Waals surface area contributed by atoms with Gasteiger partial charge in [0, 0.05) is 39.4 Å². The standard InChI is InChI=1S/C27H23N3O4S/c31-26(29-24-10-3-1-8-22(24)23-9-2-4-11-25(23)29)17-35-21-7-5-6-19(16-21)28-27(32)18-12-14-20(15-13-18)30(33)34/h1,3,5-8,10,12-16H,2,4,9,11,17H2,(H,28,32). The van der Waals surface area contributed by atoms with Crippen molar-refractivity contribution in [3.05, 3.63) is 99.7 Å². The average Bonchev–Trinajstić information content (AvgIpc) is 3.22. The fraction of sp³-hybridized carbons (Fsp3) is 0.185. The number of non-ortho nitro benzene ring substituents is 1. The predicted molar refractivity (Wildman–Crippen MR) is 137 cm³/mol. The van der Waals surface area contributed by atoms with Crippen molar-refractivity contribution < 1.29 is 14.5 Å². The Bertz CT molecular complexity index is 1440. The molecule has 8 heteroatoms. The fourth-order valence-electron chi connectivity index (χ4n) is 4.59. The van der Waals surface area contributed by atoms with E-state index >= 15 is 0 Å². The molecule has 35 heavy (non-hydrogen) atoms. The Morgan fingerprint density at radius 3 is 2.54 bits per heavy atom. The van der Waals surface area contributed by atoms with Crippen LogP contribution in [0, 0.1) is 10.1 Å². The number of amides is 1. The molecule has 5 rings (SSSR count). The van der Waals surface area contributed by atoms with Crippen molar-refractivity contribution in [3.63, 3.8) is 0 Å². The summed E-state index contributed by atoms with van der Waals surface area (Å²) in [4.78, 5) is 37.0. The van der Waals surface area contributed by atoms with Crippen LogP contribution in [-0.2, 0) is 12.8 Å². The number of nitro groups is 1.